The number of ether oxygens (including phenoxy) is 1. The summed E-state index contributed by atoms with van der Waals surface area (Å²) in [5, 5.41) is 21.4. The summed E-state index contributed by atoms with van der Waals surface area (Å²) >= 11 is 0. The molecule has 0 heterocycles. The number of aliphatic hydroxyl groups is 1. The number of hydrogen-bond donors (Lipinski definition) is 2. The van der Waals surface area contributed by atoms with Gasteiger partial charge in [-0.15, -0.1) is 0 Å². The van der Waals surface area contributed by atoms with Gasteiger partial charge in [0, 0.05) is 18.8 Å². The summed E-state index contributed by atoms with van der Waals surface area (Å²) in [6, 6.07) is 8.36. The molecule has 2 N–H and O–H groups in total. The predicted octanol–water partition coefficient (Wildman–Crippen LogP) is 0.321. The van der Waals surface area contributed by atoms with Gasteiger partial charge in [-0.1, -0.05) is 0 Å². The smallest absolute Gasteiger partial charge is 0.148 e. The fourth-order valence-corrected chi connectivity index (χ4v) is 2.75. The summed E-state index contributed by atoms with van der Waals surface area (Å²) in [4.78, 5) is 0. The van der Waals surface area contributed by atoms with Gasteiger partial charge in [0.15, 0.2) is 0 Å². The zero-order chi connectivity index (χ0) is 15.9. The second-order valence-electron chi connectivity index (χ2n) is 5.00. The van der Waals surface area contributed by atoms with Gasteiger partial charge in [0.1, 0.15) is 28.3 Å². The first-order valence-corrected chi connectivity index (χ1v) is 8.58. The zero-order valence-electron chi connectivity index (χ0n) is 12.1. The molecule has 0 spiro atoms. The Bertz CT molecular complexity index is 578. The molecule has 2 unspecified atom stereocenters. The average Bonchev–Trinajstić information content (AvgIpc) is 2.41. The number of hydrogen-bond acceptors (Lipinski definition) is 6. The van der Waals surface area contributed by atoms with Gasteiger partial charge in [-0.25, -0.2) is 8.42 Å². The fraction of sp³-hybridized carbons (Fsp3) is 0.500. The molecule has 0 aromatic heterocycles. The van der Waals surface area contributed by atoms with E-state index in [1.165, 1.54) is 6.26 Å². The Kier molecular flexibility index (Phi) is 6.62. The van der Waals surface area contributed by atoms with Gasteiger partial charge in [0.05, 0.1) is 17.4 Å². The highest BCUT2D eigenvalue weighted by molar-refractivity contribution is 7.90. The Hall–Kier alpha value is -1.62. The molecule has 0 aliphatic rings. The highest BCUT2D eigenvalue weighted by Gasteiger charge is 2.12. The van der Waals surface area contributed by atoms with Crippen molar-refractivity contribution in [2.24, 2.45) is 0 Å². The largest absolute Gasteiger partial charge is 0.491 e. The van der Waals surface area contributed by atoms with Crippen molar-refractivity contribution in [1.29, 1.82) is 5.26 Å². The van der Waals surface area contributed by atoms with Crippen LogP contribution in [0.15, 0.2) is 24.3 Å². The van der Waals surface area contributed by atoms with Crippen molar-refractivity contribution < 1.29 is 18.3 Å². The van der Waals surface area contributed by atoms with Crippen molar-refractivity contribution in [3.8, 4) is 11.8 Å². The summed E-state index contributed by atoms with van der Waals surface area (Å²) in [7, 11) is -3.03. The molecular weight excluding hydrogens is 292 g/mol. The predicted molar refractivity (Wildman–Crippen MR) is 79.8 cm³/mol. The number of rotatable bonds is 8. The molecule has 0 saturated carbocycles. The van der Waals surface area contributed by atoms with E-state index < -0.39 is 15.9 Å². The van der Waals surface area contributed by atoms with Gasteiger partial charge in [-0.3, -0.25) is 0 Å². The van der Waals surface area contributed by atoms with Crippen molar-refractivity contribution >= 4 is 9.84 Å². The van der Waals surface area contributed by atoms with Gasteiger partial charge in [0.25, 0.3) is 0 Å². The van der Waals surface area contributed by atoms with Crippen molar-refractivity contribution in [2.45, 2.75) is 19.1 Å². The summed E-state index contributed by atoms with van der Waals surface area (Å²) in [5.41, 5.74) is 0.541. The van der Waals surface area contributed by atoms with Crippen LogP contribution in [0.4, 0.5) is 0 Å². The number of nitrogens with one attached hydrogen (secondary N) is 1. The van der Waals surface area contributed by atoms with Gasteiger partial charge < -0.3 is 15.2 Å². The summed E-state index contributed by atoms with van der Waals surface area (Å²) in [5.74, 6) is 0.591. The van der Waals surface area contributed by atoms with E-state index in [2.05, 4.69) is 5.32 Å². The lowest BCUT2D eigenvalue weighted by molar-refractivity contribution is 0.105. The average molecular weight is 312 g/mol. The van der Waals surface area contributed by atoms with Crippen molar-refractivity contribution in [2.75, 3.05) is 25.2 Å². The molecule has 1 aromatic rings. The number of nitriles is 1. The van der Waals surface area contributed by atoms with Gasteiger partial charge in [0.2, 0.25) is 0 Å². The Morgan fingerprint density at radius 2 is 2.00 bits per heavy atom. The topological polar surface area (TPSA) is 99.4 Å². The van der Waals surface area contributed by atoms with Crippen molar-refractivity contribution in [3.05, 3.63) is 29.8 Å². The molecule has 0 radical (unpaired) electrons. The first kappa shape index (κ1) is 17.4. The Morgan fingerprint density at radius 1 is 1.38 bits per heavy atom. The normalized spacial score (nSPS) is 14.2. The SMILES string of the molecule is CC(CS(C)(=O)=O)NCC(O)COc1ccc(C#N)cc1. The molecule has 0 fully saturated rings. The maximum Gasteiger partial charge on any atom is 0.148 e. The van der Waals surface area contributed by atoms with Crippen LogP contribution in [0, 0.1) is 11.3 Å². The minimum absolute atomic E-state index is 0.0240. The second kappa shape index (κ2) is 7.98. The molecule has 1 aromatic carbocycles. The van der Waals surface area contributed by atoms with Crippen LogP contribution >= 0.6 is 0 Å². The third-order valence-electron chi connectivity index (χ3n) is 2.68. The van der Waals surface area contributed by atoms with Gasteiger partial charge >= 0.3 is 0 Å². The summed E-state index contributed by atoms with van der Waals surface area (Å²) < 4.78 is 27.6. The van der Waals surface area contributed by atoms with E-state index in [1.807, 2.05) is 6.07 Å². The molecule has 116 valence electrons. The lowest BCUT2D eigenvalue weighted by Gasteiger charge is -2.17. The summed E-state index contributed by atoms with van der Waals surface area (Å²) in [6.07, 6.45) is 0.429. The van der Waals surface area contributed by atoms with Crippen LogP contribution in [0.1, 0.15) is 12.5 Å². The minimum atomic E-state index is -3.03. The van der Waals surface area contributed by atoms with E-state index in [-0.39, 0.29) is 24.9 Å². The van der Waals surface area contributed by atoms with E-state index in [1.54, 1.807) is 31.2 Å². The highest BCUT2D eigenvalue weighted by atomic mass is 32.2. The van der Waals surface area contributed by atoms with Crippen LogP contribution in [-0.4, -0.2) is 50.8 Å². The van der Waals surface area contributed by atoms with E-state index in [0.29, 0.717) is 11.3 Å². The molecule has 0 saturated heterocycles. The fourth-order valence-electron chi connectivity index (χ4n) is 1.73. The molecule has 0 amide bonds. The van der Waals surface area contributed by atoms with Crippen molar-refractivity contribution in [1.82, 2.24) is 5.32 Å². The number of sulfone groups is 1. The second-order valence-corrected chi connectivity index (χ2v) is 7.19. The zero-order valence-corrected chi connectivity index (χ0v) is 12.9. The molecule has 7 heteroatoms. The van der Waals surface area contributed by atoms with Crippen molar-refractivity contribution in [3.63, 3.8) is 0 Å². The molecule has 21 heavy (non-hydrogen) atoms. The lowest BCUT2D eigenvalue weighted by atomic mass is 10.2. The quantitative estimate of drug-likeness (QED) is 0.717. The number of aliphatic hydroxyl groups excluding tert-OH is 1. The third-order valence-corrected chi connectivity index (χ3v) is 3.79. The monoisotopic (exact) mass is 312 g/mol. The third kappa shape index (κ3) is 7.66. The van der Waals surface area contributed by atoms with Crippen LogP contribution in [0.25, 0.3) is 0 Å². The van der Waals surface area contributed by atoms with E-state index in [9.17, 15) is 13.5 Å². The molecule has 2 atom stereocenters. The van der Waals surface area contributed by atoms with Crippen LogP contribution < -0.4 is 10.1 Å². The molecular formula is C14H20N2O4S. The summed E-state index contributed by atoms with van der Waals surface area (Å²) in [6.45, 7) is 2.08. The first-order chi connectivity index (χ1) is 9.80. The Morgan fingerprint density at radius 3 is 2.52 bits per heavy atom. The Labute approximate surface area is 125 Å². The molecule has 1 rings (SSSR count). The number of nitrogens with zero attached hydrogens (tertiary/aromatic N) is 1. The maximum absolute atomic E-state index is 11.1. The minimum Gasteiger partial charge on any atom is -0.491 e. The van der Waals surface area contributed by atoms with Crippen LogP contribution in [-0.2, 0) is 9.84 Å². The van der Waals surface area contributed by atoms with E-state index in [0.717, 1.165) is 0 Å². The van der Waals surface area contributed by atoms with Crippen LogP contribution in [0.5, 0.6) is 5.75 Å². The Balaban J connectivity index is 2.30. The molecule has 0 aliphatic heterocycles. The molecule has 0 aliphatic carbocycles. The number of benzene rings is 1. The first-order valence-electron chi connectivity index (χ1n) is 6.52. The van der Waals surface area contributed by atoms with Crippen LogP contribution in [0.3, 0.4) is 0 Å². The van der Waals surface area contributed by atoms with E-state index in [4.69, 9.17) is 10.00 Å². The molecule has 0 bridgehead atoms. The standard InChI is InChI=1S/C14H20N2O4S/c1-11(10-21(2,18)19)16-8-13(17)9-20-14-5-3-12(7-15)4-6-14/h3-6,11,13,16-17H,8-10H2,1-2H3. The van der Waals surface area contributed by atoms with Gasteiger partial charge in [-0.05, 0) is 31.2 Å². The molecule has 6 nitrogen and oxygen atoms in total. The lowest BCUT2D eigenvalue weighted by Crippen LogP contribution is -2.39. The van der Waals surface area contributed by atoms with Crippen LogP contribution in [0.2, 0.25) is 0 Å². The van der Waals surface area contributed by atoms with Gasteiger partial charge in [-0.2, -0.15) is 5.26 Å². The highest BCUT2D eigenvalue weighted by Crippen LogP contribution is 2.11. The van der Waals surface area contributed by atoms with E-state index >= 15 is 0 Å². The maximum atomic E-state index is 11.1.